The molecule has 0 saturated carbocycles. The van der Waals surface area contributed by atoms with Gasteiger partial charge in [-0.15, -0.1) is 0 Å². The van der Waals surface area contributed by atoms with E-state index in [4.69, 9.17) is 9.97 Å². The Bertz CT molecular complexity index is 2400. The summed E-state index contributed by atoms with van der Waals surface area (Å²) in [7, 11) is 0. The van der Waals surface area contributed by atoms with Crippen LogP contribution in [0.25, 0.3) is 73.0 Å². The van der Waals surface area contributed by atoms with Crippen LogP contribution in [-0.2, 0) is 5.41 Å². The second-order valence-corrected chi connectivity index (χ2v) is 13.6. The van der Waals surface area contributed by atoms with Gasteiger partial charge in [-0.3, -0.25) is 9.55 Å². The number of hydrogen-bond acceptors (Lipinski definition) is 4. The summed E-state index contributed by atoms with van der Waals surface area (Å²) in [6, 6.07) is 51.2. The van der Waals surface area contributed by atoms with E-state index < -0.39 is 0 Å². The third-order valence-electron chi connectivity index (χ3n) is 9.11. The van der Waals surface area contributed by atoms with Gasteiger partial charge < -0.3 is 5.11 Å². The van der Waals surface area contributed by atoms with Crippen molar-refractivity contribution in [3.8, 4) is 67.7 Å². The van der Waals surface area contributed by atoms with E-state index >= 15 is 0 Å². The van der Waals surface area contributed by atoms with E-state index in [-0.39, 0.29) is 11.2 Å². The standard InChI is InChI=1S/C45H36N4O/c1-45(2,3)34-26-32(25-33(27-34)38-21-12-13-24-46-38)36-20-14-22-41-43(36)48-44(37-19-10-11-23-42(37)50)49(41)35-28-39(30-15-6-4-7-16-30)47-40(29-35)31-17-8-5-9-18-31/h4-29,50H,1-3H3. The summed E-state index contributed by atoms with van der Waals surface area (Å²) in [5, 5.41) is 11.2. The molecule has 0 aliphatic rings. The van der Waals surface area contributed by atoms with E-state index in [9.17, 15) is 5.11 Å². The number of rotatable bonds is 6. The van der Waals surface area contributed by atoms with Crippen molar-refractivity contribution in [2.75, 3.05) is 0 Å². The molecule has 0 aliphatic carbocycles. The number of aromatic hydroxyl groups is 1. The molecule has 0 radical (unpaired) electrons. The topological polar surface area (TPSA) is 63.8 Å². The molecule has 0 fully saturated rings. The molecule has 0 amide bonds. The first-order valence-corrected chi connectivity index (χ1v) is 16.8. The van der Waals surface area contributed by atoms with Crippen LogP contribution in [-0.4, -0.2) is 24.6 Å². The zero-order valence-corrected chi connectivity index (χ0v) is 28.2. The molecule has 0 bridgehead atoms. The van der Waals surface area contributed by atoms with Crippen molar-refractivity contribution in [2.45, 2.75) is 26.2 Å². The molecule has 242 valence electrons. The zero-order valence-electron chi connectivity index (χ0n) is 28.2. The third-order valence-corrected chi connectivity index (χ3v) is 9.11. The number of imidazole rings is 1. The van der Waals surface area contributed by atoms with Gasteiger partial charge in [0.05, 0.1) is 39.4 Å². The van der Waals surface area contributed by atoms with Crippen molar-refractivity contribution in [2.24, 2.45) is 0 Å². The summed E-state index contributed by atoms with van der Waals surface area (Å²) in [5.41, 5.74) is 12.2. The predicted octanol–water partition coefficient (Wildman–Crippen LogP) is 11.2. The number of nitrogens with zero attached hydrogens (tertiary/aromatic N) is 4. The van der Waals surface area contributed by atoms with Crippen molar-refractivity contribution < 1.29 is 5.11 Å². The number of para-hydroxylation sites is 2. The van der Waals surface area contributed by atoms with E-state index in [1.54, 1.807) is 6.07 Å². The number of phenols is 1. The second kappa shape index (κ2) is 12.6. The Balaban J connectivity index is 1.43. The Hall–Kier alpha value is -6.33. The molecule has 0 saturated heterocycles. The molecule has 0 atom stereocenters. The SMILES string of the molecule is CC(C)(C)c1cc(-c2ccccn2)cc(-c2cccc3c2nc(-c2ccccc2O)n3-c2cc(-c3ccccc3)nc(-c3ccccc3)c2)c1. The van der Waals surface area contributed by atoms with E-state index in [0.717, 1.165) is 61.6 Å². The maximum Gasteiger partial charge on any atom is 0.149 e. The molecular weight excluding hydrogens is 613 g/mol. The highest BCUT2D eigenvalue weighted by atomic mass is 16.3. The molecule has 0 unspecified atom stereocenters. The van der Waals surface area contributed by atoms with Crippen molar-refractivity contribution in [3.63, 3.8) is 0 Å². The Morgan fingerprint density at radius 2 is 1.14 bits per heavy atom. The molecule has 5 nitrogen and oxygen atoms in total. The van der Waals surface area contributed by atoms with Gasteiger partial charge in [0.25, 0.3) is 0 Å². The summed E-state index contributed by atoms with van der Waals surface area (Å²) in [5.74, 6) is 0.810. The van der Waals surface area contributed by atoms with Crippen LogP contribution in [0.4, 0.5) is 0 Å². The van der Waals surface area contributed by atoms with Crippen LogP contribution in [0.3, 0.4) is 0 Å². The average Bonchev–Trinajstić information content (AvgIpc) is 3.55. The van der Waals surface area contributed by atoms with Gasteiger partial charge in [0.2, 0.25) is 0 Å². The highest BCUT2D eigenvalue weighted by Crippen LogP contribution is 2.40. The summed E-state index contributed by atoms with van der Waals surface area (Å²) >= 11 is 0. The Labute approximate surface area is 292 Å². The highest BCUT2D eigenvalue weighted by Gasteiger charge is 2.23. The lowest BCUT2D eigenvalue weighted by Crippen LogP contribution is -2.11. The zero-order chi connectivity index (χ0) is 34.2. The highest BCUT2D eigenvalue weighted by molar-refractivity contribution is 5.97. The van der Waals surface area contributed by atoms with Gasteiger partial charge in [-0.2, -0.15) is 0 Å². The fourth-order valence-electron chi connectivity index (χ4n) is 6.49. The minimum atomic E-state index is -0.0908. The van der Waals surface area contributed by atoms with Crippen LogP contribution in [0.1, 0.15) is 26.3 Å². The summed E-state index contributed by atoms with van der Waals surface area (Å²) < 4.78 is 2.15. The van der Waals surface area contributed by atoms with Crippen molar-refractivity contribution in [3.05, 3.63) is 163 Å². The molecule has 3 aromatic heterocycles. The third kappa shape index (κ3) is 5.84. The van der Waals surface area contributed by atoms with Crippen LogP contribution >= 0.6 is 0 Å². The first-order valence-electron chi connectivity index (χ1n) is 16.8. The van der Waals surface area contributed by atoms with E-state index in [1.165, 1.54) is 5.56 Å². The predicted molar refractivity (Wildman–Crippen MR) is 204 cm³/mol. The van der Waals surface area contributed by atoms with Crippen molar-refractivity contribution in [1.29, 1.82) is 0 Å². The lowest BCUT2D eigenvalue weighted by molar-refractivity contribution is 0.477. The van der Waals surface area contributed by atoms with E-state index in [1.807, 2.05) is 72.9 Å². The van der Waals surface area contributed by atoms with E-state index in [2.05, 4.69) is 109 Å². The molecule has 50 heavy (non-hydrogen) atoms. The number of hydrogen-bond donors (Lipinski definition) is 1. The van der Waals surface area contributed by atoms with Gasteiger partial charge in [-0.05, 0) is 71.1 Å². The number of fused-ring (bicyclic) bond motifs is 1. The first-order chi connectivity index (χ1) is 24.3. The molecule has 1 N–H and O–H groups in total. The normalized spacial score (nSPS) is 11.6. The van der Waals surface area contributed by atoms with Gasteiger partial charge in [-0.1, -0.05) is 118 Å². The summed E-state index contributed by atoms with van der Waals surface area (Å²) in [4.78, 5) is 15.2. The quantitative estimate of drug-likeness (QED) is 0.195. The van der Waals surface area contributed by atoms with Crippen LogP contribution in [0.15, 0.2) is 158 Å². The average molecular weight is 649 g/mol. The van der Waals surface area contributed by atoms with Gasteiger partial charge in [-0.25, -0.2) is 9.97 Å². The van der Waals surface area contributed by atoms with Crippen LogP contribution < -0.4 is 0 Å². The van der Waals surface area contributed by atoms with Gasteiger partial charge >= 0.3 is 0 Å². The Morgan fingerprint density at radius 3 is 1.78 bits per heavy atom. The fraction of sp³-hybridized carbons (Fsp3) is 0.0889. The van der Waals surface area contributed by atoms with Crippen molar-refractivity contribution in [1.82, 2.24) is 19.5 Å². The molecular formula is C45H36N4O. The van der Waals surface area contributed by atoms with Crippen LogP contribution in [0.2, 0.25) is 0 Å². The lowest BCUT2D eigenvalue weighted by atomic mass is 9.83. The van der Waals surface area contributed by atoms with Crippen molar-refractivity contribution >= 4 is 11.0 Å². The molecule has 3 heterocycles. The second-order valence-electron chi connectivity index (χ2n) is 13.6. The number of aromatic nitrogens is 4. The van der Waals surface area contributed by atoms with Gasteiger partial charge in [0.1, 0.15) is 11.6 Å². The molecule has 5 heteroatoms. The molecule has 5 aromatic carbocycles. The maximum absolute atomic E-state index is 11.2. The Morgan fingerprint density at radius 1 is 0.520 bits per heavy atom. The molecule has 8 rings (SSSR count). The monoisotopic (exact) mass is 648 g/mol. The Kier molecular flexibility index (Phi) is 7.81. The minimum absolute atomic E-state index is 0.0908. The fourth-order valence-corrected chi connectivity index (χ4v) is 6.49. The van der Waals surface area contributed by atoms with Gasteiger partial charge in [0, 0.05) is 28.5 Å². The molecule has 0 spiro atoms. The number of phenolic OH excluding ortho intramolecular Hbond substituents is 1. The maximum atomic E-state index is 11.2. The largest absolute Gasteiger partial charge is 0.507 e. The molecule has 8 aromatic rings. The lowest BCUT2D eigenvalue weighted by Gasteiger charge is -2.21. The molecule has 0 aliphatic heterocycles. The van der Waals surface area contributed by atoms with Crippen LogP contribution in [0.5, 0.6) is 5.75 Å². The minimum Gasteiger partial charge on any atom is -0.507 e. The number of pyridine rings is 2. The van der Waals surface area contributed by atoms with E-state index in [0.29, 0.717) is 11.4 Å². The summed E-state index contributed by atoms with van der Waals surface area (Å²) in [6.45, 7) is 6.70. The number of benzene rings is 5. The smallest absolute Gasteiger partial charge is 0.149 e. The summed E-state index contributed by atoms with van der Waals surface area (Å²) in [6.07, 6.45) is 1.84. The first kappa shape index (κ1) is 31.0. The van der Waals surface area contributed by atoms with Crippen LogP contribution in [0, 0.1) is 0 Å². The van der Waals surface area contributed by atoms with Gasteiger partial charge in [0.15, 0.2) is 0 Å².